The summed E-state index contributed by atoms with van der Waals surface area (Å²) in [5.41, 5.74) is 1.97. The van der Waals surface area contributed by atoms with Gasteiger partial charge in [-0.3, -0.25) is 0 Å². The summed E-state index contributed by atoms with van der Waals surface area (Å²) in [6, 6.07) is 5.40. The summed E-state index contributed by atoms with van der Waals surface area (Å²) in [6.45, 7) is 10.1. The molecular formula is C14H22FN. The Morgan fingerprint density at radius 2 is 1.88 bits per heavy atom. The molecule has 0 atom stereocenters. The van der Waals surface area contributed by atoms with Crippen LogP contribution in [0.2, 0.25) is 0 Å². The van der Waals surface area contributed by atoms with Gasteiger partial charge in [0.25, 0.3) is 0 Å². The van der Waals surface area contributed by atoms with Crippen molar-refractivity contribution in [2.75, 3.05) is 6.54 Å². The predicted octanol–water partition coefficient (Wildman–Crippen LogP) is 3.69. The smallest absolute Gasteiger partial charge is 0.127 e. The van der Waals surface area contributed by atoms with E-state index in [1.165, 1.54) is 5.56 Å². The number of nitrogens with one attached hydrogen (secondary N) is 1. The van der Waals surface area contributed by atoms with E-state index in [1.807, 2.05) is 12.1 Å². The fraction of sp³-hybridized carbons (Fsp3) is 0.571. The Hall–Kier alpha value is -0.890. The molecule has 1 aromatic rings. The van der Waals surface area contributed by atoms with Crippen LogP contribution in [0.15, 0.2) is 18.2 Å². The third-order valence-corrected chi connectivity index (χ3v) is 2.60. The molecule has 1 aromatic carbocycles. The second kappa shape index (κ2) is 6.00. The van der Waals surface area contributed by atoms with Crippen LogP contribution in [0, 0.1) is 11.7 Å². The molecule has 0 saturated heterocycles. The molecule has 0 fully saturated rings. The summed E-state index contributed by atoms with van der Waals surface area (Å²) in [4.78, 5) is 0. The third-order valence-electron chi connectivity index (χ3n) is 2.60. The molecule has 16 heavy (non-hydrogen) atoms. The van der Waals surface area contributed by atoms with Gasteiger partial charge >= 0.3 is 0 Å². The lowest BCUT2D eigenvalue weighted by Crippen LogP contribution is -2.19. The highest BCUT2D eigenvalue weighted by Crippen LogP contribution is 2.18. The maximum atomic E-state index is 13.5. The van der Waals surface area contributed by atoms with Gasteiger partial charge in [0.2, 0.25) is 0 Å². The molecule has 0 unspecified atom stereocenters. The van der Waals surface area contributed by atoms with Gasteiger partial charge in [0.05, 0.1) is 0 Å². The second-order valence-electron chi connectivity index (χ2n) is 5.03. The summed E-state index contributed by atoms with van der Waals surface area (Å²) >= 11 is 0. The minimum Gasteiger partial charge on any atom is -0.312 e. The standard InChI is InChI=1S/C14H22FN/c1-10(2)8-16-9-13-7-12(11(3)4)5-6-14(13)15/h5-7,10-11,16H,8-9H2,1-4H3. The van der Waals surface area contributed by atoms with Gasteiger partial charge in [-0.2, -0.15) is 0 Å². The Labute approximate surface area is 98.1 Å². The van der Waals surface area contributed by atoms with Gasteiger partial charge in [0, 0.05) is 12.1 Å². The summed E-state index contributed by atoms with van der Waals surface area (Å²) in [5.74, 6) is 0.932. The molecule has 1 rings (SSSR count). The first-order valence-electron chi connectivity index (χ1n) is 5.99. The van der Waals surface area contributed by atoms with Crippen molar-refractivity contribution in [1.29, 1.82) is 0 Å². The van der Waals surface area contributed by atoms with E-state index in [1.54, 1.807) is 6.07 Å². The van der Waals surface area contributed by atoms with E-state index in [0.717, 1.165) is 12.1 Å². The van der Waals surface area contributed by atoms with Crippen LogP contribution in [-0.2, 0) is 6.54 Å². The highest BCUT2D eigenvalue weighted by molar-refractivity contribution is 5.27. The maximum Gasteiger partial charge on any atom is 0.127 e. The van der Waals surface area contributed by atoms with Crippen molar-refractivity contribution in [2.45, 2.75) is 40.2 Å². The first-order chi connectivity index (χ1) is 7.50. The van der Waals surface area contributed by atoms with Crippen LogP contribution < -0.4 is 5.32 Å². The normalized spacial score (nSPS) is 11.4. The van der Waals surface area contributed by atoms with Gasteiger partial charge in [-0.1, -0.05) is 39.8 Å². The monoisotopic (exact) mass is 223 g/mol. The van der Waals surface area contributed by atoms with Gasteiger partial charge in [-0.05, 0) is 30.0 Å². The molecule has 0 spiro atoms. The van der Waals surface area contributed by atoms with Crippen LogP contribution in [0.25, 0.3) is 0 Å². The first kappa shape index (κ1) is 13.2. The number of halogens is 1. The molecule has 0 aliphatic rings. The highest BCUT2D eigenvalue weighted by atomic mass is 19.1. The lowest BCUT2D eigenvalue weighted by molar-refractivity contribution is 0.534. The zero-order valence-electron chi connectivity index (χ0n) is 10.7. The Morgan fingerprint density at radius 1 is 1.19 bits per heavy atom. The van der Waals surface area contributed by atoms with Crippen molar-refractivity contribution in [3.63, 3.8) is 0 Å². The largest absolute Gasteiger partial charge is 0.312 e. The average molecular weight is 223 g/mol. The molecular weight excluding hydrogens is 201 g/mol. The highest BCUT2D eigenvalue weighted by Gasteiger charge is 2.06. The van der Waals surface area contributed by atoms with Crippen LogP contribution in [0.3, 0.4) is 0 Å². The van der Waals surface area contributed by atoms with Gasteiger partial charge < -0.3 is 5.32 Å². The van der Waals surface area contributed by atoms with Gasteiger partial charge in [0.1, 0.15) is 5.82 Å². The van der Waals surface area contributed by atoms with Crippen LogP contribution in [0.5, 0.6) is 0 Å². The van der Waals surface area contributed by atoms with E-state index >= 15 is 0 Å². The van der Waals surface area contributed by atoms with Crippen molar-refractivity contribution < 1.29 is 4.39 Å². The van der Waals surface area contributed by atoms with E-state index in [9.17, 15) is 4.39 Å². The third kappa shape index (κ3) is 3.93. The molecule has 0 heterocycles. The minimum absolute atomic E-state index is 0.111. The van der Waals surface area contributed by atoms with Crippen molar-refractivity contribution in [1.82, 2.24) is 5.32 Å². The average Bonchev–Trinajstić information content (AvgIpc) is 2.20. The van der Waals surface area contributed by atoms with Gasteiger partial charge in [0.15, 0.2) is 0 Å². The van der Waals surface area contributed by atoms with Crippen LogP contribution in [-0.4, -0.2) is 6.54 Å². The molecule has 0 aliphatic heterocycles. The summed E-state index contributed by atoms with van der Waals surface area (Å²) in [5, 5.41) is 3.27. The van der Waals surface area contributed by atoms with Crippen molar-refractivity contribution in [3.05, 3.63) is 35.1 Å². The summed E-state index contributed by atoms with van der Waals surface area (Å²) in [7, 11) is 0. The molecule has 2 heteroatoms. The lowest BCUT2D eigenvalue weighted by atomic mass is 10.0. The Bertz CT molecular complexity index is 332. The van der Waals surface area contributed by atoms with Crippen LogP contribution in [0.4, 0.5) is 4.39 Å². The molecule has 1 nitrogen and oxygen atoms in total. The Morgan fingerprint density at radius 3 is 2.44 bits per heavy atom. The SMILES string of the molecule is CC(C)CNCc1cc(C(C)C)ccc1F. The van der Waals surface area contributed by atoms with Crippen molar-refractivity contribution >= 4 is 0 Å². The van der Waals surface area contributed by atoms with Gasteiger partial charge in [-0.15, -0.1) is 0 Å². The van der Waals surface area contributed by atoms with Crippen molar-refractivity contribution in [2.24, 2.45) is 5.92 Å². The second-order valence-corrected chi connectivity index (χ2v) is 5.03. The zero-order chi connectivity index (χ0) is 12.1. The Kier molecular flexibility index (Phi) is 4.94. The fourth-order valence-electron chi connectivity index (χ4n) is 1.58. The molecule has 0 saturated carbocycles. The molecule has 0 amide bonds. The topological polar surface area (TPSA) is 12.0 Å². The van der Waals surface area contributed by atoms with E-state index in [-0.39, 0.29) is 5.82 Å². The van der Waals surface area contributed by atoms with E-state index < -0.39 is 0 Å². The van der Waals surface area contributed by atoms with Gasteiger partial charge in [-0.25, -0.2) is 4.39 Å². The predicted molar refractivity (Wildman–Crippen MR) is 67.0 cm³/mol. The number of benzene rings is 1. The molecule has 0 aliphatic carbocycles. The number of hydrogen-bond donors (Lipinski definition) is 1. The molecule has 0 bridgehead atoms. The molecule has 90 valence electrons. The van der Waals surface area contributed by atoms with E-state index in [4.69, 9.17) is 0 Å². The minimum atomic E-state index is -0.111. The lowest BCUT2D eigenvalue weighted by Gasteiger charge is -2.11. The van der Waals surface area contributed by atoms with E-state index in [0.29, 0.717) is 18.4 Å². The van der Waals surface area contributed by atoms with E-state index in [2.05, 4.69) is 33.0 Å². The molecule has 0 radical (unpaired) electrons. The fourth-order valence-corrected chi connectivity index (χ4v) is 1.58. The summed E-state index contributed by atoms with van der Waals surface area (Å²) < 4.78 is 13.5. The Balaban J connectivity index is 2.67. The molecule has 0 aromatic heterocycles. The molecule has 1 N–H and O–H groups in total. The number of rotatable bonds is 5. The zero-order valence-corrected chi connectivity index (χ0v) is 10.7. The van der Waals surface area contributed by atoms with Crippen LogP contribution >= 0.6 is 0 Å². The summed E-state index contributed by atoms with van der Waals surface area (Å²) in [6.07, 6.45) is 0. The maximum absolute atomic E-state index is 13.5. The number of hydrogen-bond acceptors (Lipinski definition) is 1. The van der Waals surface area contributed by atoms with Crippen molar-refractivity contribution in [3.8, 4) is 0 Å². The quantitative estimate of drug-likeness (QED) is 0.802. The van der Waals surface area contributed by atoms with Crippen LogP contribution in [0.1, 0.15) is 44.7 Å². The first-order valence-corrected chi connectivity index (χ1v) is 5.99.